The van der Waals surface area contributed by atoms with Crippen molar-refractivity contribution in [3.8, 4) is 40.2 Å². The van der Waals surface area contributed by atoms with Crippen LogP contribution in [-0.4, -0.2) is 54.8 Å². The third-order valence-electron chi connectivity index (χ3n) is 5.83. The summed E-state index contributed by atoms with van der Waals surface area (Å²) in [5, 5.41) is 0. The van der Waals surface area contributed by atoms with Gasteiger partial charge in [0.1, 0.15) is 11.3 Å². The Labute approximate surface area is 215 Å². The van der Waals surface area contributed by atoms with Crippen molar-refractivity contribution in [1.82, 2.24) is 4.98 Å². The van der Waals surface area contributed by atoms with E-state index in [2.05, 4.69) is 4.98 Å². The van der Waals surface area contributed by atoms with Crippen LogP contribution in [0.5, 0.6) is 40.2 Å². The number of ether oxygens (including phenoxy) is 7. The van der Waals surface area contributed by atoms with E-state index in [0.717, 1.165) is 16.7 Å². The van der Waals surface area contributed by atoms with Gasteiger partial charge in [-0.15, -0.1) is 0 Å². The van der Waals surface area contributed by atoms with Gasteiger partial charge in [0.2, 0.25) is 17.4 Å². The summed E-state index contributed by atoms with van der Waals surface area (Å²) >= 11 is 0. The lowest BCUT2D eigenvalue weighted by Gasteiger charge is -2.18. The highest BCUT2D eigenvalue weighted by atomic mass is 16.5. The van der Waals surface area contributed by atoms with Crippen LogP contribution in [0.1, 0.15) is 17.0 Å². The van der Waals surface area contributed by atoms with Gasteiger partial charge in [-0.3, -0.25) is 0 Å². The van der Waals surface area contributed by atoms with Crippen LogP contribution >= 0.6 is 0 Å². The lowest BCUT2D eigenvalue weighted by atomic mass is 9.95. The maximum absolute atomic E-state index is 6.06. The van der Waals surface area contributed by atoms with Crippen molar-refractivity contribution >= 4 is 22.7 Å². The molecule has 9 heteroatoms. The molecule has 0 N–H and O–H groups in total. The smallest absolute Gasteiger partial charge is 0.220 e. The maximum Gasteiger partial charge on any atom is 0.220 e. The molecule has 0 aliphatic rings. The molecule has 0 aliphatic heterocycles. The van der Waals surface area contributed by atoms with Gasteiger partial charge in [0.25, 0.3) is 0 Å². The Morgan fingerprint density at radius 3 is 1.51 bits per heavy atom. The predicted molar refractivity (Wildman–Crippen MR) is 140 cm³/mol. The molecule has 4 rings (SSSR count). The van der Waals surface area contributed by atoms with Crippen LogP contribution in [-0.2, 0) is 0 Å². The van der Waals surface area contributed by atoms with Gasteiger partial charge in [0.15, 0.2) is 28.6 Å². The molecule has 0 unspecified atom stereocenters. The van der Waals surface area contributed by atoms with Crippen molar-refractivity contribution in [3.05, 3.63) is 59.5 Å². The molecule has 0 fully saturated rings. The summed E-state index contributed by atoms with van der Waals surface area (Å²) in [6.45, 7) is 0. The van der Waals surface area contributed by atoms with Crippen LogP contribution in [0.2, 0.25) is 0 Å². The molecule has 4 aromatic rings. The lowest BCUT2D eigenvalue weighted by molar-refractivity contribution is 0.324. The van der Waals surface area contributed by atoms with Gasteiger partial charge in [-0.1, -0.05) is 0 Å². The number of benzene rings is 3. The number of hydrogen-bond acceptors (Lipinski definition) is 9. The van der Waals surface area contributed by atoms with Crippen LogP contribution < -0.4 is 33.2 Å². The Morgan fingerprint density at radius 1 is 0.622 bits per heavy atom. The first-order valence-corrected chi connectivity index (χ1v) is 11.3. The van der Waals surface area contributed by atoms with Gasteiger partial charge in [0.05, 0.1) is 49.8 Å². The number of fused-ring (bicyclic) bond motifs is 1. The minimum absolute atomic E-state index is 0.390. The Morgan fingerprint density at radius 2 is 1.11 bits per heavy atom. The molecule has 0 saturated heterocycles. The first-order valence-electron chi connectivity index (χ1n) is 11.3. The third kappa shape index (κ3) is 4.93. The van der Waals surface area contributed by atoms with E-state index in [9.17, 15) is 0 Å². The Kier molecular flexibility index (Phi) is 7.62. The number of oxazole rings is 1. The van der Waals surface area contributed by atoms with Gasteiger partial charge in [-0.2, -0.15) is 0 Å². The zero-order chi connectivity index (χ0) is 26.5. The summed E-state index contributed by atoms with van der Waals surface area (Å²) in [5.74, 6) is 4.01. The first kappa shape index (κ1) is 25.6. The summed E-state index contributed by atoms with van der Waals surface area (Å²) in [7, 11) is 11.0. The average Bonchev–Trinajstić information content (AvgIpc) is 3.35. The zero-order valence-electron chi connectivity index (χ0n) is 21.8. The van der Waals surface area contributed by atoms with Crippen LogP contribution in [0.15, 0.2) is 46.9 Å². The quantitative estimate of drug-likeness (QED) is 0.277. The second-order valence-electron chi connectivity index (χ2n) is 7.77. The Balaban J connectivity index is 2.00. The van der Waals surface area contributed by atoms with Gasteiger partial charge in [-0.25, -0.2) is 4.98 Å². The Hall–Kier alpha value is -4.53. The van der Waals surface area contributed by atoms with Gasteiger partial charge >= 0.3 is 0 Å². The Bertz CT molecular complexity index is 1320. The lowest BCUT2D eigenvalue weighted by Crippen LogP contribution is -2.00. The molecule has 0 radical (unpaired) electrons. The van der Waals surface area contributed by atoms with Crippen molar-refractivity contribution < 1.29 is 37.6 Å². The molecule has 1 heterocycles. The average molecular weight is 508 g/mol. The molecule has 1 aromatic heterocycles. The highest BCUT2D eigenvalue weighted by molar-refractivity contribution is 5.93. The minimum atomic E-state index is 0.390. The topological polar surface area (TPSA) is 90.6 Å². The summed E-state index contributed by atoms with van der Waals surface area (Å²) < 4.78 is 44.8. The summed E-state index contributed by atoms with van der Waals surface area (Å²) in [6.07, 6.45) is 1.83. The predicted octanol–water partition coefficient (Wildman–Crippen LogP) is 5.48. The number of nitrogens with zero attached hydrogens (tertiary/aromatic N) is 1. The normalized spacial score (nSPS) is 10.6. The maximum atomic E-state index is 6.06. The van der Waals surface area contributed by atoms with Crippen LogP contribution in [0.4, 0.5) is 0 Å². The molecule has 37 heavy (non-hydrogen) atoms. The summed E-state index contributed by atoms with van der Waals surface area (Å²) in [6, 6.07) is 12.9. The number of hydrogen-bond donors (Lipinski definition) is 0. The van der Waals surface area contributed by atoms with Crippen LogP contribution in [0.3, 0.4) is 0 Å². The second kappa shape index (κ2) is 11.0. The molecule has 0 spiro atoms. The molecular formula is C28H29NO8. The SMILES string of the molecule is COc1ccc2nc(C=C(c3cc(OC)c(OC)c(OC)c3)c3cc(OC)c(OC)c(OC)c3)oc2c1. The number of methoxy groups -OCH3 is 7. The van der Waals surface area contributed by atoms with Crippen molar-refractivity contribution in [3.63, 3.8) is 0 Å². The number of aromatic nitrogens is 1. The largest absolute Gasteiger partial charge is 0.497 e. The van der Waals surface area contributed by atoms with Gasteiger partial charge < -0.3 is 37.6 Å². The molecule has 0 atom stereocenters. The fraction of sp³-hybridized carbons (Fsp3) is 0.250. The van der Waals surface area contributed by atoms with Gasteiger partial charge in [0, 0.05) is 12.1 Å². The number of rotatable bonds is 10. The van der Waals surface area contributed by atoms with E-state index in [0.29, 0.717) is 57.2 Å². The minimum Gasteiger partial charge on any atom is -0.497 e. The van der Waals surface area contributed by atoms with Crippen molar-refractivity contribution in [2.45, 2.75) is 0 Å². The third-order valence-corrected chi connectivity index (χ3v) is 5.83. The molecule has 0 saturated carbocycles. The molecule has 9 nitrogen and oxygen atoms in total. The molecule has 0 bridgehead atoms. The van der Waals surface area contributed by atoms with E-state index in [1.165, 1.54) is 0 Å². The van der Waals surface area contributed by atoms with E-state index in [4.69, 9.17) is 37.6 Å². The molecule has 3 aromatic carbocycles. The van der Waals surface area contributed by atoms with E-state index >= 15 is 0 Å². The van der Waals surface area contributed by atoms with E-state index in [1.54, 1.807) is 55.8 Å². The zero-order valence-corrected chi connectivity index (χ0v) is 21.8. The molecule has 0 amide bonds. The van der Waals surface area contributed by atoms with Gasteiger partial charge in [-0.05, 0) is 53.1 Å². The fourth-order valence-electron chi connectivity index (χ4n) is 4.04. The van der Waals surface area contributed by atoms with Crippen LogP contribution in [0.25, 0.3) is 22.7 Å². The second-order valence-corrected chi connectivity index (χ2v) is 7.77. The van der Waals surface area contributed by atoms with Crippen molar-refractivity contribution in [2.75, 3.05) is 49.8 Å². The van der Waals surface area contributed by atoms with Crippen molar-refractivity contribution in [2.24, 2.45) is 0 Å². The molecule has 194 valence electrons. The first-order chi connectivity index (χ1) is 18.0. The van der Waals surface area contributed by atoms with Crippen molar-refractivity contribution in [1.29, 1.82) is 0 Å². The van der Waals surface area contributed by atoms with E-state index in [-0.39, 0.29) is 0 Å². The summed E-state index contributed by atoms with van der Waals surface area (Å²) in [4.78, 5) is 4.64. The fourth-order valence-corrected chi connectivity index (χ4v) is 4.04. The highest BCUT2D eigenvalue weighted by Crippen LogP contribution is 2.45. The van der Waals surface area contributed by atoms with E-state index < -0.39 is 0 Å². The molecular weight excluding hydrogens is 478 g/mol. The van der Waals surface area contributed by atoms with Crippen LogP contribution in [0, 0.1) is 0 Å². The monoisotopic (exact) mass is 507 g/mol. The highest BCUT2D eigenvalue weighted by Gasteiger charge is 2.21. The summed E-state index contributed by atoms with van der Waals surface area (Å²) in [5.41, 5.74) is 3.53. The standard InChI is InChI=1S/C28H29NO8/c1-30-18-8-9-20-21(14-18)37-26(29-20)15-19(16-10-22(31-2)27(35-6)23(11-16)32-3)17-12-24(33-4)28(36-7)25(13-17)34-5/h8-15H,1-7H3. The molecule has 0 aliphatic carbocycles. The van der Waals surface area contributed by atoms with E-state index in [1.807, 2.05) is 42.5 Å².